The number of hydrogen-bond donors (Lipinski definition) is 0. The van der Waals surface area contributed by atoms with Gasteiger partial charge in [0.05, 0.1) is 17.7 Å². The lowest BCUT2D eigenvalue weighted by atomic mass is 10.3. The molecule has 0 aliphatic carbocycles. The molecule has 19 heavy (non-hydrogen) atoms. The highest BCUT2D eigenvalue weighted by Crippen LogP contribution is 2.26. The van der Waals surface area contributed by atoms with Crippen LogP contribution in [0.1, 0.15) is 0 Å². The van der Waals surface area contributed by atoms with E-state index in [1.54, 1.807) is 0 Å². The minimum Gasteiger partial charge on any atom is -0.375 e. The normalized spacial score (nSPS) is 21.5. The lowest BCUT2D eigenvalue weighted by Gasteiger charge is -2.31. The molecule has 1 saturated heterocycles. The molecule has 1 aromatic rings. The molecule has 1 aliphatic heterocycles. The molecule has 4 nitrogen and oxygen atoms in total. The van der Waals surface area contributed by atoms with Crippen LogP contribution < -0.4 is 0 Å². The van der Waals surface area contributed by atoms with Gasteiger partial charge < -0.3 is 4.74 Å². The molecule has 0 amide bonds. The first-order valence-electron chi connectivity index (χ1n) is 5.58. The molecule has 0 radical (unpaired) electrons. The third kappa shape index (κ3) is 3.28. The van der Waals surface area contributed by atoms with Gasteiger partial charge in [0, 0.05) is 18.4 Å². The quantitative estimate of drug-likeness (QED) is 0.765. The Hall–Kier alpha value is -0.210. The maximum atomic E-state index is 13.2. The number of sulfonamides is 1. The predicted molar refractivity (Wildman–Crippen MR) is 73.7 cm³/mol. The van der Waals surface area contributed by atoms with Gasteiger partial charge in [-0.2, -0.15) is 4.31 Å². The molecule has 0 saturated carbocycles. The summed E-state index contributed by atoms with van der Waals surface area (Å²) in [4.78, 5) is -0.204. The number of nitrogens with zero attached hydrogens (tertiary/aromatic N) is 1. The zero-order valence-corrected chi connectivity index (χ0v) is 13.0. The van der Waals surface area contributed by atoms with Crippen molar-refractivity contribution in [3.05, 3.63) is 29.0 Å². The monoisotopic (exact) mass is 371 g/mol. The van der Waals surface area contributed by atoms with Crippen molar-refractivity contribution in [3.63, 3.8) is 0 Å². The summed E-state index contributed by atoms with van der Waals surface area (Å²) in [5, 5.41) is 0.555. The van der Waals surface area contributed by atoms with Crippen LogP contribution in [0, 0.1) is 5.82 Å². The zero-order valence-electron chi connectivity index (χ0n) is 9.85. The van der Waals surface area contributed by atoms with Crippen LogP contribution in [0.4, 0.5) is 4.39 Å². The van der Waals surface area contributed by atoms with Crippen LogP contribution in [0.25, 0.3) is 0 Å². The Labute approximate surface area is 124 Å². The van der Waals surface area contributed by atoms with Crippen molar-refractivity contribution in [3.8, 4) is 0 Å². The van der Waals surface area contributed by atoms with Crippen molar-refractivity contribution in [2.24, 2.45) is 0 Å². The van der Waals surface area contributed by atoms with Crippen LogP contribution >= 0.6 is 27.5 Å². The SMILES string of the molecule is O=S(=O)(c1cc(F)ccc1Cl)N1CCOC(CBr)C1. The van der Waals surface area contributed by atoms with Gasteiger partial charge in [-0.05, 0) is 18.2 Å². The van der Waals surface area contributed by atoms with Crippen molar-refractivity contribution in [2.45, 2.75) is 11.0 Å². The van der Waals surface area contributed by atoms with Crippen LogP contribution in [-0.4, -0.2) is 43.9 Å². The second-order valence-corrected chi connectivity index (χ2v) is 7.05. The highest BCUT2D eigenvalue weighted by Gasteiger charge is 2.32. The molecular weight excluding hydrogens is 361 g/mol. The van der Waals surface area contributed by atoms with E-state index in [0.717, 1.165) is 12.1 Å². The van der Waals surface area contributed by atoms with Crippen molar-refractivity contribution < 1.29 is 17.5 Å². The molecule has 0 spiro atoms. The molecular formula is C11H12BrClFNO3S. The molecule has 1 heterocycles. The Morgan fingerprint density at radius 1 is 1.53 bits per heavy atom. The van der Waals surface area contributed by atoms with Crippen LogP contribution in [-0.2, 0) is 14.8 Å². The van der Waals surface area contributed by atoms with E-state index in [9.17, 15) is 12.8 Å². The minimum absolute atomic E-state index is 0.0169. The standard InChI is InChI=1S/C11H12BrClFNO3S/c12-6-9-7-15(3-4-18-9)19(16,17)11-5-8(14)1-2-10(11)13/h1-2,5,9H,3-4,6-7H2. The second kappa shape index (κ2) is 6.05. The maximum absolute atomic E-state index is 13.2. The molecule has 0 N–H and O–H groups in total. The highest BCUT2D eigenvalue weighted by atomic mass is 79.9. The first-order valence-corrected chi connectivity index (χ1v) is 8.52. The largest absolute Gasteiger partial charge is 0.375 e. The molecule has 1 aliphatic rings. The summed E-state index contributed by atoms with van der Waals surface area (Å²) in [6.45, 7) is 0.765. The van der Waals surface area contributed by atoms with Crippen molar-refractivity contribution >= 4 is 37.6 Å². The number of benzene rings is 1. The molecule has 1 fully saturated rings. The van der Waals surface area contributed by atoms with Crippen molar-refractivity contribution in [1.82, 2.24) is 4.31 Å². The van der Waals surface area contributed by atoms with E-state index in [1.165, 1.54) is 10.4 Å². The smallest absolute Gasteiger partial charge is 0.244 e. The van der Waals surface area contributed by atoms with E-state index in [1.807, 2.05) is 0 Å². The number of halogens is 3. The van der Waals surface area contributed by atoms with Gasteiger partial charge in [0.2, 0.25) is 10.0 Å². The predicted octanol–water partition coefficient (Wildman–Crippen LogP) is 2.26. The molecule has 2 rings (SSSR count). The average Bonchev–Trinajstić information content (AvgIpc) is 2.41. The summed E-state index contributed by atoms with van der Waals surface area (Å²) in [6.07, 6.45) is -0.212. The van der Waals surface area contributed by atoms with E-state index < -0.39 is 15.8 Å². The zero-order chi connectivity index (χ0) is 14.0. The van der Waals surface area contributed by atoms with Crippen molar-refractivity contribution in [1.29, 1.82) is 0 Å². The van der Waals surface area contributed by atoms with Crippen LogP contribution in [0.2, 0.25) is 5.02 Å². The third-order valence-electron chi connectivity index (χ3n) is 2.78. The molecule has 106 valence electrons. The van der Waals surface area contributed by atoms with Crippen LogP contribution in [0.5, 0.6) is 0 Å². The second-order valence-electron chi connectivity index (χ2n) is 4.08. The Balaban J connectivity index is 2.34. The summed E-state index contributed by atoms with van der Waals surface area (Å²) < 4.78 is 44.7. The first-order chi connectivity index (χ1) is 8.95. The topological polar surface area (TPSA) is 46.6 Å². The van der Waals surface area contributed by atoms with Crippen molar-refractivity contribution in [2.75, 3.05) is 25.0 Å². The summed E-state index contributed by atoms with van der Waals surface area (Å²) in [6, 6.07) is 3.31. The highest BCUT2D eigenvalue weighted by molar-refractivity contribution is 9.09. The van der Waals surface area contributed by atoms with Gasteiger partial charge in [-0.3, -0.25) is 0 Å². The van der Waals surface area contributed by atoms with Gasteiger partial charge >= 0.3 is 0 Å². The Bertz CT molecular complexity index is 569. The number of ether oxygens (including phenoxy) is 1. The van der Waals surface area contributed by atoms with E-state index >= 15 is 0 Å². The number of hydrogen-bond acceptors (Lipinski definition) is 3. The summed E-state index contributed by atoms with van der Waals surface area (Å²) in [5.74, 6) is -0.631. The van der Waals surface area contributed by atoms with Gasteiger partial charge in [-0.1, -0.05) is 27.5 Å². The summed E-state index contributed by atoms with van der Waals surface area (Å²) in [5.41, 5.74) is 0. The first kappa shape index (κ1) is 15.2. The maximum Gasteiger partial charge on any atom is 0.244 e. The molecule has 1 atom stereocenters. The minimum atomic E-state index is -3.80. The number of rotatable bonds is 3. The fraction of sp³-hybridized carbons (Fsp3) is 0.455. The van der Waals surface area contributed by atoms with Crippen LogP contribution in [0.15, 0.2) is 23.1 Å². The van der Waals surface area contributed by atoms with Gasteiger partial charge in [0.1, 0.15) is 10.7 Å². The molecule has 0 bridgehead atoms. The van der Waals surface area contributed by atoms with E-state index in [-0.39, 0.29) is 29.1 Å². The Morgan fingerprint density at radius 2 is 2.26 bits per heavy atom. The molecule has 0 aromatic heterocycles. The fourth-order valence-corrected chi connectivity index (χ4v) is 4.15. The lowest BCUT2D eigenvalue weighted by Crippen LogP contribution is -2.46. The van der Waals surface area contributed by atoms with Gasteiger partial charge in [-0.25, -0.2) is 12.8 Å². The Kier molecular flexibility index (Phi) is 4.84. The van der Waals surface area contributed by atoms with Gasteiger partial charge in [-0.15, -0.1) is 0 Å². The summed E-state index contributed by atoms with van der Waals surface area (Å²) in [7, 11) is -3.80. The fourth-order valence-electron chi connectivity index (χ4n) is 1.82. The number of alkyl halides is 1. The van der Waals surface area contributed by atoms with E-state index in [4.69, 9.17) is 16.3 Å². The molecule has 1 unspecified atom stereocenters. The third-order valence-corrected chi connectivity index (χ3v) is 5.85. The van der Waals surface area contributed by atoms with Crippen LogP contribution in [0.3, 0.4) is 0 Å². The van der Waals surface area contributed by atoms with E-state index in [0.29, 0.717) is 11.9 Å². The van der Waals surface area contributed by atoms with Gasteiger partial charge in [0.15, 0.2) is 0 Å². The molecule has 1 aromatic carbocycles. The Morgan fingerprint density at radius 3 is 2.95 bits per heavy atom. The number of morpholine rings is 1. The van der Waals surface area contributed by atoms with Gasteiger partial charge in [0.25, 0.3) is 0 Å². The van der Waals surface area contributed by atoms with E-state index in [2.05, 4.69) is 15.9 Å². The molecule has 8 heteroatoms. The average molecular weight is 373 g/mol. The lowest BCUT2D eigenvalue weighted by molar-refractivity contribution is 0.0136. The summed E-state index contributed by atoms with van der Waals surface area (Å²) >= 11 is 9.11.